The van der Waals surface area contributed by atoms with E-state index in [1.54, 1.807) is 0 Å². The van der Waals surface area contributed by atoms with Gasteiger partial charge in [-0.15, -0.1) is 0 Å². The van der Waals surface area contributed by atoms with E-state index in [9.17, 15) is 8.42 Å². The molecule has 0 spiro atoms. The Bertz CT molecular complexity index is 445. The fourth-order valence-corrected chi connectivity index (χ4v) is 3.19. The van der Waals surface area contributed by atoms with Gasteiger partial charge in [-0.1, -0.05) is 35.0 Å². The molecule has 1 atom stereocenters. The van der Waals surface area contributed by atoms with Crippen LogP contribution in [0.5, 0.6) is 0 Å². The zero-order valence-electron chi connectivity index (χ0n) is 9.40. The summed E-state index contributed by atoms with van der Waals surface area (Å²) in [5.41, 5.74) is 0.953. The number of rotatable bonds is 5. The molecule has 1 aromatic carbocycles. The summed E-state index contributed by atoms with van der Waals surface area (Å²) in [4.78, 5) is 0. The Hall–Kier alpha value is -0.390. The van der Waals surface area contributed by atoms with Crippen LogP contribution in [0.15, 0.2) is 28.7 Å². The van der Waals surface area contributed by atoms with Crippen molar-refractivity contribution in [1.29, 1.82) is 0 Å². The Morgan fingerprint density at radius 2 is 2.12 bits per heavy atom. The number of benzene rings is 1. The Balaban J connectivity index is 2.76. The number of nitrogens with one attached hydrogen (secondary N) is 1. The molecule has 0 fully saturated rings. The topological polar surface area (TPSA) is 46.2 Å². The van der Waals surface area contributed by atoms with Crippen molar-refractivity contribution in [3.05, 3.63) is 34.3 Å². The lowest BCUT2D eigenvalue weighted by molar-refractivity contribution is 0.565. The van der Waals surface area contributed by atoms with E-state index in [2.05, 4.69) is 20.7 Å². The average molecular weight is 306 g/mol. The fourth-order valence-electron chi connectivity index (χ4n) is 1.44. The lowest BCUT2D eigenvalue weighted by Crippen LogP contribution is -2.28. The Labute approximate surface area is 105 Å². The molecule has 1 rings (SSSR count). The van der Waals surface area contributed by atoms with Gasteiger partial charge in [0.15, 0.2) is 0 Å². The monoisotopic (exact) mass is 305 g/mol. The van der Waals surface area contributed by atoms with Gasteiger partial charge in [-0.25, -0.2) is 13.1 Å². The van der Waals surface area contributed by atoms with Gasteiger partial charge in [-0.2, -0.15) is 0 Å². The van der Waals surface area contributed by atoms with Crippen molar-refractivity contribution in [2.75, 3.05) is 5.75 Å². The average Bonchev–Trinajstić information content (AvgIpc) is 2.16. The molecule has 0 bridgehead atoms. The van der Waals surface area contributed by atoms with Gasteiger partial charge >= 0.3 is 0 Å². The van der Waals surface area contributed by atoms with Crippen molar-refractivity contribution in [2.45, 2.75) is 26.3 Å². The molecule has 0 radical (unpaired) electrons. The van der Waals surface area contributed by atoms with Gasteiger partial charge in [0, 0.05) is 10.5 Å². The first-order valence-corrected chi connectivity index (χ1v) is 7.64. The first-order chi connectivity index (χ1) is 7.44. The molecule has 16 heavy (non-hydrogen) atoms. The largest absolute Gasteiger partial charge is 0.212 e. The maximum atomic E-state index is 11.6. The van der Waals surface area contributed by atoms with Gasteiger partial charge in [-0.3, -0.25) is 0 Å². The van der Waals surface area contributed by atoms with Crippen LogP contribution in [0.2, 0.25) is 0 Å². The zero-order valence-corrected chi connectivity index (χ0v) is 11.8. The normalized spacial score (nSPS) is 13.7. The Morgan fingerprint density at radius 3 is 2.69 bits per heavy atom. The van der Waals surface area contributed by atoms with Crippen LogP contribution in [-0.4, -0.2) is 14.2 Å². The minimum atomic E-state index is -3.16. The molecule has 1 N–H and O–H groups in total. The summed E-state index contributed by atoms with van der Waals surface area (Å²) in [5.74, 6) is 0.172. The quantitative estimate of drug-likeness (QED) is 0.909. The van der Waals surface area contributed by atoms with Crippen molar-refractivity contribution in [3.8, 4) is 0 Å². The van der Waals surface area contributed by atoms with Crippen molar-refractivity contribution >= 4 is 26.0 Å². The van der Waals surface area contributed by atoms with Gasteiger partial charge in [0.2, 0.25) is 10.0 Å². The zero-order chi connectivity index (χ0) is 12.2. The molecule has 0 aromatic heterocycles. The van der Waals surface area contributed by atoms with Crippen molar-refractivity contribution in [3.63, 3.8) is 0 Å². The highest BCUT2D eigenvalue weighted by atomic mass is 79.9. The second-order valence-electron chi connectivity index (χ2n) is 3.71. The maximum absolute atomic E-state index is 11.6. The number of hydrogen-bond donors (Lipinski definition) is 1. The van der Waals surface area contributed by atoms with E-state index in [1.807, 2.05) is 38.1 Å². The van der Waals surface area contributed by atoms with Crippen LogP contribution in [0.4, 0.5) is 0 Å². The van der Waals surface area contributed by atoms with E-state index >= 15 is 0 Å². The van der Waals surface area contributed by atoms with Gasteiger partial charge < -0.3 is 0 Å². The lowest BCUT2D eigenvalue weighted by Gasteiger charge is -2.14. The number of sulfonamides is 1. The summed E-state index contributed by atoms with van der Waals surface area (Å²) in [6.07, 6.45) is 0.626. The van der Waals surface area contributed by atoms with Crippen LogP contribution in [0.25, 0.3) is 0 Å². The number of halogens is 1. The summed E-state index contributed by atoms with van der Waals surface area (Å²) in [6, 6.07) is 7.43. The highest BCUT2D eigenvalue weighted by Gasteiger charge is 2.14. The molecular formula is C11H16BrNO2S. The second-order valence-corrected chi connectivity index (χ2v) is 6.50. The van der Waals surface area contributed by atoms with Crippen molar-refractivity contribution in [2.24, 2.45) is 0 Å². The molecule has 3 nitrogen and oxygen atoms in total. The lowest BCUT2D eigenvalue weighted by atomic mass is 10.1. The molecule has 0 aliphatic carbocycles. The third-order valence-electron chi connectivity index (χ3n) is 2.18. The molecule has 0 unspecified atom stereocenters. The second kappa shape index (κ2) is 5.80. The highest BCUT2D eigenvalue weighted by Crippen LogP contribution is 2.18. The van der Waals surface area contributed by atoms with Crippen LogP contribution in [-0.2, 0) is 10.0 Å². The maximum Gasteiger partial charge on any atom is 0.212 e. The van der Waals surface area contributed by atoms with Gasteiger partial charge in [0.05, 0.1) is 5.75 Å². The third kappa shape index (κ3) is 4.23. The first kappa shape index (κ1) is 13.7. The van der Waals surface area contributed by atoms with Crippen molar-refractivity contribution in [1.82, 2.24) is 4.72 Å². The minimum Gasteiger partial charge on any atom is -0.212 e. The van der Waals surface area contributed by atoms with E-state index in [1.165, 1.54) is 0 Å². The predicted molar refractivity (Wildman–Crippen MR) is 69.8 cm³/mol. The van der Waals surface area contributed by atoms with E-state index in [0.29, 0.717) is 6.42 Å². The number of hydrogen-bond acceptors (Lipinski definition) is 2. The minimum absolute atomic E-state index is 0.172. The van der Waals surface area contributed by atoms with Crippen LogP contribution in [0.3, 0.4) is 0 Å². The van der Waals surface area contributed by atoms with Crippen LogP contribution in [0.1, 0.15) is 31.9 Å². The molecule has 0 saturated heterocycles. The molecular weight excluding hydrogens is 290 g/mol. The smallest absolute Gasteiger partial charge is 0.212 e. The molecule has 0 saturated carbocycles. The molecule has 5 heteroatoms. The highest BCUT2D eigenvalue weighted by molar-refractivity contribution is 9.10. The summed E-state index contributed by atoms with van der Waals surface area (Å²) < 4.78 is 26.8. The van der Waals surface area contributed by atoms with E-state index in [-0.39, 0.29) is 11.8 Å². The SMILES string of the molecule is CCCS(=O)(=O)N[C@H](C)c1cccc(Br)c1. The molecule has 1 aromatic rings. The summed E-state index contributed by atoms with van der Waals surface area (Å²) >= 11 is 3.36. The standard InChI is InChI=1S/C11H16BrNO2S/c1-3-7-16(14,15)13-9(2)10-5-4-6-11(12)8-10/h4-6,8-9,13H,3,7H2,1-2H3/t9-/m1/s1. The van der Waals surface area contributed by atoms with Gasteiger partial charge in [0.25, 0.3) is 0 Å². The summed E-state index contributed by atoms with van der Waals surface area (Å²) in [5, 5.41) is 0. The van der Waals surface area contributed by atoms with Gasteiger partial charge in [0.1, 0.15) is 0 Å². The molecule has 0 amide bonds. The summed E-state index contributed by atoms with van der Waals surface area (Å²) in [7, 11) is -3.16. The molecule has 0 aliphatic rings. The van der Waals surface area contributed by atoms with E-state index < -0.39 is 10.0 Å². The Kier molecular flexibility index (Phi) is 4.95. The third-order valence-corrected chi connectivity index (χ3v) is 4.33. The van der Waals surface area contributed by atoms with E-state index in [0.717, 1.165) is 10.0 Å². The molecule has 0 heterocycles. The van der Waals surface area contributed by atoms with Crippen molar-refractivity contribution < 1.29 is 8.42 Å². The molecule has 0 aliphatic heterocycles. The van der Waals surface area contributed by atoms with Crippen LogP contribution >= 0.6 is 15.9 Å². The first-order valence-electron chi connectivity index (χ1n) is 5.20. The summed E-state index contributed by atoms with van der Waals surface area (Å²) in [6.45, 7) is 3.69. The van der Waals surface area contributed by atoms with Crippen LogP contribution < -0.4 is 4.72 Å². The van der Waals surface area contributed by atoms with E-state index in [4.69, 9.17) is 0 Å². The van der Waals surface area contributed by atoms with Crippen LogP contribution in [0, 0.1) is 0 Å². The fraction of sp³-hybridized carbons (Fsp3) is 0.455. The molecule has 90 valence electrons. The van der Waals surface area contributed by atoms with Gasteiger partial charge in [-0.05, 0) is 31.0 Å². The predicted octanol–water partition coefficient (Wildman–Crippen LogP) is 2.84. The Morgan fingerprint density at radius 1 is 1.44 bits per heavy atom.